The quantitative estimate of drug-likeness (QED) is 0.410. The van der Waals surface area contributed by atoms with Gasteiger partial charge in [0, 0.05) is 67.8 Å². The number of nitrogens with zero attached hydrogens (tertiary/aromatic N) is 4. The lowest BCUT2D eigenvalue weighted by Crippen LogP contribution is -2.47. The maximum atomic E-state index is 9.49. The van der Waals surface area contributed by atoms with Crippen molar-refractivity contribution in [3.05, 3.63) is 70.1 Å². The second-order valence-electron chi connectivity index (χ2n) is 9.30. The Hall–Kier alpha value is -2.55. The molecule has 3 N–H and O–H groups in total. The van der Waals surface area contributed by atoms with Crippen molar-refractivity contribution < 1.29 is 5.11 Å². The summed E-state index contributed by atoms with van der Waals surface area (Å²) in [5, 5.41) is 15.2. The Balaban J connectivity index is 1.34. The molecule has 0 saturated carbocycles. The largest absolute Gasteiger partial charge is 0.395 e. The fourth-order valence-corrected chi connectivity index (χ4v) is 5.65. The Labute approximate surface area is 203 Å². The summed E-state index contributed by atoms with van der Waals surface area (Å²) in [6.07, 6.45) is 0.923. The van der Waals surface area contributed by atoms with Crippen molar-refractivity contribution in [3.63, 3.8) is 0 Å². The van der Waals surface area contributed by atoms with Crippen molar-refractivity contribution in [2.24, 2.45) is 0 Å². The van der Waals surface area contributed by atoms with E-state index in [2.05, 4.69) is 44.4 Å². The van der Waals surface area contributed by atoms with Crippen molar-refractivity contribution in [2.45, 2.75) is 25.6 Å². The Morgan fingerprint density at radius 3 is 2.88 bits per heavy atom. The highest BCUT2D eigenvalue weighted by molar-refractivity contribution is 6.31. The van der Waals surface area contributed by atoms with Gasteiger partial charge >= 0.3 is 0 Å². The van der Waals surface area contributed by atoms with Gasteiger partial charge in [0.25, 0.3) is 0 Å². The minimum Gasteiger partial charge on any atom is -0.395 e. The summed E-state index contributed by atoms with van der Waals surface area (Å²) in [6.45, 7) is 6.23. The van der Waals surface area contributed by atoms with E-state index in [4.69, 9.17) is 21.6 Å². The van der Waals surface area contributed by atoms with E-state index in [-0.39, 0.29) is 12.6 Å². The van der Waals surface area contributed by atoms with Crippen LogP contribution in [0.1, 0.15) is 28.7 Å². The molecule has 1 unspecified atom stereocenters. The average molecular weight is 477 g/mol. The van der Waals surface area contributed by atoms with Crippen molar-refractivity contribution in [3.8, 4) is 0 Å². The molecule has 2 aliphatic rings. The van der Waals surface area contributed by atoms with Crippen LogP contribution in [0.5, 0.6) is 0 Å². The predicted octanol–water partition coefficient (Wildman–Crippen LogP) is 3.26. The van der Waals surface area contributed by atoms with E-state index in [9.17, 15) is 5.11 Å². The topological polar surface area (TPSA) is 80.3 Å². The third-order valence-electron chi connectivity index (χ3n) is 7.06. The third kappa shape index (κ3) is 4.19. The minimum atomic E-state index is 0.193. The fraction of sp³-hybridized carbons (Fsp3) is 0.385. The number of H-pyrrole nitrogens is 1. The molecule has 1 fully saturated rings. The van der Waals surface area contributed by atoms with E-state index in [1.54, 1.807) is 0 Å². The Morgan fingerprint density at radius 1 is 1.06 bits per heavy atom. The third-order valence-corrected chi connectivity index (χ3v) is 7.30. The molecule has 2 aromatic carbocycles. The number of aliphatic hydroxyl groups excluding tert-OH is 1. The van der Waals surface area contributed by atoms with Crippen LogP contribution in [0.3, 0.4) is 0 Å². The number of benzene rings is 2. The lowest BCUT2D eigenvalue weighted by atomic mass is 9.90. The maximum Gasteiger partial charge on any atom is 0.121 e. The molecule has 2 aliphatic heterocycles. The first-order valence-electron chi connectivity index (χ1n) is 12.0. The van der Waals surface area contributed by atoms with Crippen LogP contribution in [-0.4, -0.2) is 69.2 Å². The van der Waals surface area contributed by atoms with Gasteiger partial charge in [-0.1, -0.05) is 29.8 Å². The van der Waals surface area contributed by atoms with Crippen LogP contribution in [0.15, 0.2) is 42.5 Å². The van der Waals surface area contributed by atoms with E-state index >= 15 is 0 Å². The lowest BCUT2D eigenvalue weighted by molar-refractivity contribution is 0.156. The molecule has 34 heavy (non-hydrogen) atoms. The molecule has 6 rings (SSSR count). The summed E-state index contributed by atoms with van der Waals surface area (Å²) in [6, 6.07) is 14.5. The number of para-hydroxylation sites is 1. The number of pyridine rings is 1. The van der Waals surface area contributed by atoms with E-state index < -0.39 is 0 Å². The number of piperazine rings is 1. The number of imidazole rings is 1. The molecule has 2 aromatic heterocycles. The van der Waals surface area contributed by atoms with Gasteiger partial charge < -0.3 is 15.4 Å². The Kier molecular flexibility index (Phi) is 5.97. The van der Waals surface area contributed by atoms with Crippen LogP contribution in [0.4, 0.5) is 0 Å². The smallest absolute Gasteiger partial charge is 0.121 e. The first kappa shape index (κ1) is 21.9. The Morgan fingerprint density at radius 2 is 1.97 bits per heavy atom. The van der Waals surface area contributed by atoms with Crippen molar-refractivity contribution in [2.75, 3.05) is 39.3 Å². The van der Waals surface area contributed by atoms with Gasteiger partial charge in [0.15, 0.2) is 0 Å². The van der Waals surface area contributed by atoms with Gasteiger partial charge in [-0.3, -0.25) is 14.8 Å². The van der Waals surface area contributed by atoms with Crippen LogP contribution >= 0.6 is 11.6 Å². The second kappa shape index (κ2) is 9.24. The van der Waals surface area contributed by atoms with Gasteiger partial charge in [-0.25, -0.2) is 4.98 Å². The molecule has 4 aromatic rings. The summed E-state index contributed by atoms with van der Waals surface area (Å²) in [4.78, 5) is 18.1. The summed E-state index contributed by atoms with van der Waals surface area (Å²) in [5.41, 5.74) is 6.91. The molecular weight excluding hydrogens is 448 g/mol. The van der Waals surface area contributed by atoms with Crippen LogP contribution < -0.4 is 5.32 Å². The zero-order valence-corrected chi connectivity index (χ0v) is 19.9. The number of aromatic amines is 1. The van der Waals surface area contributed by atoms with Gasteiger partial charge in [-0.15, -0.1) is 0 Å². The molecule has 0 radical (unpaired) electrons. The predicted molar refractivity (Wildman–Crippen MR) is 135 cm³/mol. The highest BCUT2D eigenvalue weighted by Gasteiger charge is 2.29. The van der Waals surface area contributed by atoms with Gasteiger partial charge in [-0.05, 0) is 35.4 Å². The van der Waals surface area contributed by atoms with Crippen molar-refractivity contribution in [1.82, 2.24) is 30.1 Å². The molecule has 1 saturated heterocycles. The highest BCUT2D eigenvalue weighted by Crippen LogP contribution is 2.34. The summed E-state index contributed by atoms with van der Waals surface area (Å²) < 4.78 is 0. The number of rotatable bonds is 5. The first-order chi connectivity index (χ1) is 16.7. The normalized spacial score (nSPS) is 19.6. The SMILES string of the molecule is OCCN1CCNC(c2c3c(nc4ccccc24)CCN(Cc2nc4ccc(Cl)cc4[nH]2)C3)C1. The molecule has 1 atom stereocenters. The highest BCUT2D eigenvalue weighted by atomic mass is 35.5. The van der Waals surface area contributed by atoms with Crippen LogP contribution in [0.2, 0.25) is 5.02 Å². The van der Waals surface area contributed by atoms with Gasteiger partial charge in [-0.2, -0.15) is 0 Å². The zero-order valence-electron chi connectivity index (χ0n) is 19.1. The number of hydrogen-bond acceptors (Lipinski definition) is 6. The van der Waals surface area contributed by atoms with E-state index in [0.29, 0.717) is 11.6 Å². The van der Waals surface area contributed by atoms with Gasteiger partial charge in [0.2, 0.25) is 0 Å². The summed E-state index contributed by atoms with van der Waals surface area (Å²) in [5.74, 6) is 0.959. The number of fused-ring (bicyclic) bond motifs is 3. The number of hydrogen-bond donors (Lipinski definition) is 3. The minimum absolute atomic E-state index is 0.193. The number of nitrogens with one attached hydrogen (secondary N) is 2. The van der Waals surface area contributed by atoms with Crippen LogP contribution in [0, 0.1) is 0 Å². The zero-order chi connectivity index (χ0) is 23.1. The van der Waals surface area contributed by atoms with E-state index in [1.165, 1.54) is 22.2 Å². The van der Waals surface area contributed by atoms with Crippen molar-refractivity contribution in [1.29, 1.82) is 0 Å². The summed E-state index contributed by atoms with van der Waals surface area (Å²) in [7, 11) is 0. The molecule has 0 spiro atoms. The standard InChI is InChI=1S/C26H29ClN6O/c27-17-5-6-22-23(13-17)31-25(30-22)16-33-9-7-21-19(14-33)26(18-3-1-2-4-20(18)29-21)24-15-32(11-12-34)10-8-28-24/h1-6,13,24,28,34H,7-12,14-16H2,(H,30,31). The molecule has 7 nitrogen and oxygen atoms in total. The van der Waals surface area contributed by atoms with Crippen LogP contribution in [0.25, 0.3) is 21.9 Å². The number of aliphatic hydroxyl groups is 1. The van der Waals surface area contributed by atoms with Gasteiger partial charge in [0.05, 0.1) is 29.7 Å². The summed E-state index contributed by atoms with van der Waals surface area (Å²) >= 11 is 6.16. The molecule has 0 bridgehead atoms. The van der Waals surface area contributed by atoms with E-state index in [0.717, 1.165) is 68.1 Å². The number of β-amino-alcohol motifs (C(OH)–C–C–N with tert-alkyl or cyclic N) is 1. The fourth-order valence-electron chi connectivity index (χ4n) is 5.48. The molecule has 176 valence electrons. The molecule has 0 aliphatic carbocycles. The maximum absolute atomic E-state index is 9.49. The molecule has 8 heteroatoms. The molecule has 0 amide bonds. The average Bonchev–Trinajstić information content (AvgIpc) is 3.24. The first-order valence-corrected chi connectivity index (χ1v) is 12.4. The lowest BCUT2D eigenvalue weighted by Gasteiger charge is -2.37. The van der Waals surface area contributed by atoms with E-state index in [1.807, 2.05) is 18.2 Å². The molecule has 4 heterocycles. The number of halogens is 1. The monoisotopic (exact) mass is 476 g/mol. The second-order valence-corrected chi connectivity index (χ2v) is 9.74. The molecular formula is C26H29ClN6O. The van der Waals surface area contributed by atoms with Crippen molar-refractivity contribution >= 4 is 33.5 Å². The number of aromatic nitrogens is 3. The Bertz CT molecular complexity index is 1340. The van der Waals surface area contributed by atoms with Gasteiger partial charge in [0.1, 0.15) is 5.82 Å². The van der Waals surface area contributed by atoms with Crippen LogP contribution in [-0.2, 0) is 19.5 Å².